The minimum Gasteiger partial charge on any atom is -0.385 e. The molecule has 1 N–H and O–H groups in total. The number of benzene rings is 1. The second-order valence-corrected chi connectivity index (χ2v) is 4.66. The molecule has 0 radical (unpaired) electrons. The Balaban J connectivity index is 2.34. The Kier molecular flexibility index (Phi) is 2.54. The number of hydrogen-bond acceptors (Lipinski definition) is 1. The first-order valence-electron chi connectivity index (χ1n) is 5.11. The topological polar surface area (TPSA) is 20.2 Å². The molecule has 1 aromatic rings. The maximum absolute atomic E-state index is 10.5. The predicted molar refractivity (Wildman–Crippen MR) is 58.4 cm³/mol. The Hall–Kier alpha value is -0.530. The molecule has 0 aliphatic heterocycles. The summed E-state index contributed by atoms with van der Waals surface area (Å²) < 4.78 is 0. The van der Waals surface area contributed by atoms with Crippen molar-refractivity contribution in [1.29, 1.82) is 0 Å². The molecule has 2 rings (SSSR count). The first-order valence-corrected chi connectivity index (χ1v) is 5.49. The Morgan fingerprint density at radius 3 is 2.50 bits per heavy atom. The van der Waals surface area contributed by atoms with E-state index in [0.29, 0.717) is 5.92 Å². The summed E-state index contributed by atoms with van der Waals surface area (Å²) in [5.74, 6) is 0.351. The summed E-state index contributed by atoms with van der Waals surface area (Å²) in [4.78, 5) is 0. The van der Waals surface area contributed by atoms with Crippen LogP contribution in [0.1, 0.15) is 31.7 Å². The summed E-state index contributed by atoms with van der Waals surface area (Å²) >= 11 is 5.82. The van der Waals surface area contributed by atoms with Gasteiger partial charge in [0.05, 0.1) is 5.60 Å². The summed E-state index contributed by atoms with van der Waals surface area (Å²) in [5.41, 5.74) is 0.386. The zero-order valence-corrected chi connectivity index (χ0v) is 9.09. The highest BCUT2D eigenvalue weighted by molar-refractivity contribution is 6.30. The van der Waals surface area contributed by atoms with Crippen molar-refractivity contribution in [3.8, 4) is 0 Å². The third-order valence-electron chi connectivity index (χ3n) is 3.35. The van der Waals surface area contributed by atoms with E-state index in [-0.39, 0.29) is 0 Å². The molecule has 2 atom stereocenters. The number of aliphatic hydroxyl groups is 1. The van der Waals surface area contributed by atoms with Gasteiger partial charge < -0.3 is 5.11 Å². The van der Waals surface area contributed by atoms with Gasteiger partial charge in [-0.1, -0.05) is 30.7 Å². The first-order chi connectivity index (χ1) is 6.63. The quantitative estimate of drug-likeness (QED) is 0.754. The molecule has 2 unspecified atom stereocenters. The Morgan fingerprint density at radius 1 is 1.36 bits per heavy atom. The van der Waals surface area contributed by atoms with Crippen molar-refractivity contribution in [2.75, 3.05) is 0 Å². The lowest BCUT2D eigenvalue weighted by molar-refractivity contribution is 0.00449. The molecule has 1 aliphatic rings. The smallest absolute Gasteiger partial charge is 0.0921 e. The van der Waals surface area contributed by atoms with Crippen LogP contribution in [-0.2, 0) is 5.60 Å². The average molecular weight is 211 g/mol. The van der Waals surface area contributed by atoms with Crippen LogP contribution < -0.4 is 0 Å². The average Bonchev–Trinajstić information content (AvgIpc) is 2.49. The van der Waals surface area contributed by atoms with E-state index in [0.717, 1.165) is 29.8 Å². The lowest BCUT2D eigenvalue weighted by Gasteiger charge is -2.28. The Labute approximate surface area is 89.7 Å². The molecular formula is C12H15ClO. The lowest BCUT2D eigenvalue weighted by atomic mass is 9.85. The summed E-state index contributed by atoms with van der Waals surface area (Å²) in [7, 11) is 0. The maximum Gasteiger partial charge on any atom is 0.0921 e. The summed E-state index contributed by atoms with van der Waals surface area (Å²) in [5, 5.41) is 11.2. The molecule has 0 saturated heterocycles. The Bertz CT molecular complexity index is 320. The molecule has 1 aliphatic carbocycles. The van der Waals surface area contributed by atoms with Crippen LogP contribution >= 0.6 is 11.6 Å². The van der Waals surface area contributed by atoms with Crippen molar-refractivity contribution in [1.82, 2.24) is 0 Å². The van der Waals surface area contributed by atoms with Gasteiger partial charge in [-0.05, 0) is 42.9 Å². The van der Waals surface area contributed by atoms with Crippen LogP contribution in [0.15, 0.2) is 24.3 Å². The van der Waals surface area contributed by atoms with Gasteiger partial charge in [0, 0.05) is 5.02 Å². The van der Waals surface area contributed by atoms with Crippen molar-refractivity contribution < 1.29 is 5.11 Å². The summed E-state index contributed by atoms with van der Waals surface area (Å²) in [6.45, 7) is 2.11. The van der Waals surface area contributed by atoms with E-state index >= 15 is 0 Å². The van der Waals surface area contributed by atoms with Crippen LogP contribution in [0.4, 0.5) is 0 Å². The molecule has 1 fully saturated rings. The van der Waals surface area contributed by atoms with E-state index in [1.807, 2.05) is 24.3 Å². The van der Waals surface area contributed by atoms with Gasteiger partial charge in [-0.3, -0.25) is 0 Å². The highest BCUT2D eigenvalue weighted by Gasteiger charge is 2.39. The molecule has 2 heteroatoms. The van der Waals surface area contributed by atoms with Crippen LogP contribution in [0, 0.1) is 5.92 Å². The van der Waals surface area contributed by atoms with Crippen LogP contribution in [-0.4, -0.2) is 5.11 Å². The lowest BCUT2D eigenvalue weighted by Crippen LogP contribution is -2.28. The Morgan fingerprint density at radius 2 is 2.00 bits per heavy atom. The third kappa shape index (κ3) is 1.55. The fourth-order valence-electron chi connectivity index (χ4n) is 2.33. The van der Waals surface area contributed by atoms with Crippen molar-refractivity contribution in [2.24, 2.45) is 5.92 Å². The third-order valence-corrected chi connectivity index (χ3v) is 3.61. The van der Waals surface area contributed by atoms with Gasteiger partial charge in [0.15, 0.2) is 0 Å². The van der Waals surface area contributed by atoms with Crippen LogP contribution in [0.2, 0.25) is 5.02 Å². The number of hydrogen-bond donors (Lipinski definition) is 1. The van der Waals surface area contributed by atoms with Crippen LogP contribution in [0.5, 0.6) is 0 Å². The molecule has 0 aromatic heterocycles. The minimum absolute atomic E-state index is 0.351. The van der Waals surface area contributed by atoms with E-state index in [9.17, 15) is 5.11 Å². The summed E-state index contributed by atoms with van der Waals surface area (Å²) in [6, 6.07) is 7.56. The second kappa shape index (κ2) is 3.56. The van der Waals surface area contributed by atoms with Crippen molar-refractivity contribution in [3.05, 3.63) is 34.9 Å². The predicted octanol–water partition coefficient (Wildman–Crippen LogP) is 3.35. The van der Waals surface area contributed by atoms with Gasteiger partial charge >= 0.3 is 0 Å². The number of rotatable bonds is 1. The molecule has 14 heavy (non-hydrogen) atoms. The molecule has 0 heterocycles. The van der Waals surface area contributed by atoms with Crippen molar-refractivity contribution in [2.45, 2.75) is 31.8 Å². The highest BCUT2D eigenvalue weighted by atomic mass is 35.5. The highest BCUT2D eigenvalue weighted by Crippen LogP contribution is 2.43. The van der Waals surface area contributed by atoms with Crippen LogP contribution in [0.25, 0.3) is 0 Å². The molecule has 1 nitrogen and oxygen atoms in total. The zero-order chi connectivity index (χ0) is 10.2. The normalized spacial score (nSPS) is 32.1. The van der Waals surface area contributed by atoms with E-state index < -0.39 is 5.60 Å². The molecule has 0 spiro atoms. The molecular weight excluding hydrogens is 196 g/mol. The standard InChI is InChI=1S/C12H15ClO/c1-9-3-2-8-12(9,14)10-4-6-11(13)7-5-10/h4-7,9,14H,2-3,8H2,1H3. The molecule has 0 amide bonds. The van der Waals surface area contributed by atoms with Gasteiger partial charge in [-0.15, -0.1) is 0 Å². The molecule has 0 bridgehead atoms. The molecule has 1 aromatic carbocycles. The zero-order valence-electron chi connectivity index (χ0n) is 8.33. The van der Waals surface area contributed by atoms with Gasteiger partial charge in [-0.25, -0.2) is 0 Å². The van der Waals surface area contributed by atoms with E-state index in [4.69, 9.17) is 11.6 Å². The van der Waals surface area contributed by atoms with Gasteiger partial charge in [0.2, 0.25) is 0 Å². The van der Waals surface area contributed by atoms with Gasteiger partial charge in [0.1, 0.15) is 0 Å². The van der Waals surface area contributed by atoms with Gasteiger partial charge in [0.25, 0.3) is 0 Å². The molecule has 76 valence electrons. The van der Waals surface area contributed by atoms with Gasteiger partial charge in [-0.2, -0.15) is 0 Å². The SMILES string of the molecule is CC1CCCC1(O)c1ccc(Cl)cc1. The summed E-state index contributed by atoms with van der Waals surface area (Å²) in [6.07, 6.45) is 3.09. The molecule has 1 saturated carbocycles. The van der Waals surface area contributed by atoms with Crippen LogP contribution in [0.3, 0.4) is 0 Å². The minimum atomic E-state index is -0.620. The monoisotopic (exact) mass is 210 g/mol. The second-order valence-electron chi connectivity index (χ2n) is 4.22. The fraction of sp³-hybridized carbons (Fsp3) is 0.500. The van der Waals surface area contributed by atoms with E-state index in [1.54, 1.807) is 0 Å². The van der Waals surface area contributed by atoms with Crippen molar-refractivity contribution >= 4 is 11.6 Å². The number of halogens is 1. The first kappa shape index (κ1) is 10.0. The largest absolute Gasteiger partial charge is 0.385 e. The van der Waals surface area contributed by atoms with E-state index in [1.165, 1.54) is 0 Å². The van der Waals surface area contributed by atoms with Crippen molar-refractivity contribution in [3.63, 3.8) is 0 Å². The maximum atomic E-state index is 10.5. The fourth-order valence-corrected chi connectivity index (χ4v) is 2.46. The van der Waals surface area contributed by atoms with E-state index in [2.05, 4.69) is 6.92 Å².